The Morgan fingerprint density at radius 1 is 1.60 bits per heavy atom. The molecule has 2 heteroatoms. The summed E-state index contributed by atoms with van der Waals surface area (Å²) in [6, 6.07) is 0. The summed E-state index contributed by atoms with van der Waals surface area (Å²) in [5.74, 6) is 3.83. The van der Waals surface area contributed by atoms with Crippen LogP contribution in [-0.2, 0) is 4.74 Å². The summed E-state index contributed by atoms with van der Waals surface area (Å²) in [5.41, 5.74) is 0. The molecular weight excluding hydrogens is 144 g/mol. The lowest BCUT2D eigenvalue weighted by Gasteiger charge is -2.24. The third kappa shape index (κ3) is 2.64. The molecule has 1 nitrogen and oxygen atoms in total. The first-order valence-corrected chi connectivity index (χ1v) is 4.61. The smallest absolute Gasteiger partial charge is 0.0607 e. The van der Waals surface area contributed by atoms with Gasteiger partial charge in [-0.2, -0.15) is 11.8 Å². The molecular formula is C8H12OS. The highest BCUT2D eigenvalue weighted by Crippen LogP contribution is 2.19. The Bertz CT molecular complexity index is 124. The van der Waals surface area contributed by atoms with Crippen LogP contribution in [0.25, 0.3) is 0 Å². The molecule has 0 atom stereocenters. The molecule has 1 aliphatic rings. The zero-order valence-electron chi connectivity index (χ0n) is 6.01. The molecule has 10 heavy (non-hydrogen) atoms. The minimum Gasteiger partial charge on any atom is -0.379 e. The van der Waals surface area contributed by atoms with Crippen LogP contribution in [0.3, 0.4) is 0 Å². The van der Waals surface area contributed by atoms with Crippen LogP contribution in [-0.4, -0.2) is 24.2 Å². The summed E-state index contributed by atoms with van der Waals surface area (Å²) in [6.45, 7) is 1.89. The number of ether oxygens (including phenoxy) is 1. The molecule has 0 aromatic rings. The van der Waals surface area contributed by atoms with E-state index in [4.69, 9.17) is 11.2 Å². The SMILES string of the molecule is C#CCCCSC1COC1. The van der Waals surface area contributed by atoms with Crippen LogP contribution in [0.1, 0.15) is 12.8 Å². The van der Waals surface area contributed by atoms with Crippen molar-refractivity contribution in [3.8, 4) is 12.3 Å². The number of thioether (sulfide) groups is 1. The van der Waals surface area contributed by atoms with Gasteiger partial charge in [-0.25, -0.2) is 0 Å². The number of hydrogen-bond donors (Lipinski definition) is 0. The Balaban J connectivity index is 1.81. The van der Waals surface area contributed by atoms with Gasteiger partial charge in [0.25, 0.3) is 0 Å². The van der Waals surface area contributed by atoms with Gasteiger partial charge in [-0.1, -0.05) is 0 Å². The van der Waals surface area contributed by atoms with E-state index in [2.05, 4.69) is 5.92 Å². The first-order valence-electron chi connectivity index (χ1n) is 3.56. The Morgan fingerprint density at radius 3 is 2.90 bits per heavy atom. The molecule has 1 rings (SSSR count). The molecule has 0 saturated carbocycles. The van der Waals surface area contributed by atoms with E-state index in [0.29, 0.717) is 0 Å². The van der Waals surface area contributed by atoms with Gasteiger partial charge in [0.1, 0.15) is 0 Å². The minimum absolute atomic E-state index is 0.762. The zero-order chi connectivity index (χ0) is 7.23. The fourth-order valence-electron chi connectivity index (χ4n) is 0.735. The highest BCUT2D eigenvalue weighted by molar-refractivity contribution is 8.00. The fraction of sp³-hybridized carbons (Fsp3) is 0.750. The van der Waals surface area contributed by atoms with Crippen molar-refractivity contribution in [1.29, 1.82) is 0 Å². The van der Waals surface area contributed by atoms with Gasteiger partial charge >= 0.3 is 0 Å². The summed E-state index contributed by atoms with van der Waals surface area (Å²) in [7, 11) is 0. The van der Waals surface area contributed by atoms with E-state index >= 15 is 0 Å². The second-order valence-corrected chi connectivity index (χ2v) is 3.75. The quantitative estimate of drug-likeness (QED) is 0.451. The summed E-state index contributed by atoms with van der Waals surface area (Å²) in [4.78, 5) is 0. The van der Waals surface area contributed by atoms with Crippen molar-refractivity contribution in [2.75, 3.05) is 19.0 Å². The van der Waals surface area contributed by atoms with Crippen LogP contribution in [0.5, 0.6) is 0 Å². The maximum absolute atomic E-state index is 5.11. The van der Waals surface area contributed by atoms with Gasteiger partial charge in [0.15, 0.2) is 0 Å². The highest BCUT2D eigenvalue weighted by Gasteiger charge is 2.17. The number of terminal acetylenes is 1. The van der Waals surface area contributed by atoms with Crippen LogP contribution in [0, 0.1) is 12.3 Å². The van der Waals surface area contributed by atoms with E-state index in [1.807, 2.05) is 11.8 Å². The largest absolute Gasteiger partial charge is 0.379 e. The van der Waals surface area contributed by atoms with E-state index in [9.17, 15) is 0 Å². The summed E-state index contributed by atoms with van der Waals surface area (Å²) < 4.78 is 5.03. The zero-order valence-corrected chi connectivity index (χ0v) is 6.82. The monoisotopic (exact) mass is 156 g/mol. The molecule has 0 unspecified atom stereocenters. The fourth-order valence-corrected chi connectivity index (χ4v) is 1.76. The summed E-state index contributed by atoms with van der Waals surface area (Å²) >= 11 is 1.98. The van der Waals surface area contributed by atoms with Crippen molar-refractivity contribution < 1.29 is 4.74 Å². The lowest BCUT2D eigenvalue weighted by atomic mass is 10.4. The molecule has 1 saturated heterocycles. The number of rotatable bonds is 4. The molecule has 0 N–H and O–H groups in total. The molecule has 1 fully saturated rings. The van der Waals surface area contributed by atoms with Crippen LogP contribution < -0.4 is 0 Å². The van der Waals surface area contributed by atoms with Crippen LogP contribution in [0.2, 0.25) is 0 Å². The molecule has 0 bridgehead atoms. The maximum atomic E-state index is 5.11. The lowest BCUT2D eigenvalue weighted by Crippen LogP contribution is -2.30. The first kappa shape index (κ1) is 7.97. The first-order chi connectivity index (χ1) is 4.93. The minimum atomic E-state index is 0.762. The molecule has 0 spiro atoms. The Hall–Kier alpha value is -0.130. The molecule has 1 aliphatic heterocycles. The highest BCUT2D eigenvalue weighted by atomic mass is 32.2. The van der Waals surface area contributed by atoms with Crippen molar-refractivity contribution in [3.05, 3.63) is 0 Å². The van der Waals surface area contributed by atoms with Crippen molar-refractivity contribution in [3.63, 3.8) is 0 Å². The van der Waals surface area contributed by atoms with Gasteiger partial charge in [-0.05, 0) is 12.2 Å². The van der Waals surface area contributed by atoms with Gasteiger partial charge in [0.05, 0.1) is 18.5 Å². The average Bonchev–Trinajstić information content (AvgIpc) is 1.84. The predicted octanol–water partition coefficient (Wildman–Crippen LogP) is 1.53. The number of unbranched alkanes of at least 4 members (excludes halogenated alkanes) is 1. The molecule has 0 radical (unpaired) electrons. The average molecular weight is 156 g/mol. The Kier molecular flexibility index (Phi) is 3.71. The van der Waals surface area contributed by atoms with E-state index in [-0.39, 0.29) is 0 Å². The van der Waals surface area contributed by atoms with E-state index in [1.54, 1.807) is 0 Å². The van der Waals surface area contributed by atoms with Crippen molar-refractivity contribution in [2.24, 2.45) is 0 Å². The van der Waals surface area contributed by atoms with E-state index < -0.39 is 0 Å². The van der Waals surface area contributed by atoms with Crippen LogP contribution in [0.4, 0.5) is 0 Å². The van der Waals surface area contributed by atoms with Crippen molar-refractivity contribution in [1.82, 2.24) is 0 Å². The lowest BCUT2D eigenvalue weighted by molar-refractivity contribution is 0.0455. The molecule has 0 aromatic carbocycles. The molecule has 0 aliphatic carbocycles. The second kappa shape index (κ2) is 4.65. The standard InChI is InChI=1S/C8H12OS/c1-2-3-4-5-10-8-6-9-7-8/h1,8H,3-7H2. The van der Waals surface area contributed by atoms with Gasteiger partial charge < -0.3 is 4.74 Å². The number of hydrogen-bond acceptors (Lipinski definition) is 2. The summed E-state index contributed by atoms with van der Waals surface area (Å²) in [5, 5.41) is 0.762. The summed E-state index contributed by atoms with van der Waals surface area (Å²) in [6.07, 6.45) is 7.18. The van der Waals surface area contributed by atoms with Gasteiger partial charge in [-0.15, -0.1) is 12.3 Å². The molecule has 56 valence electrons. The van der Waals surface area contributed by atoms with Crippen molar-refractivity contribution in [2.45, 2.75) is 18.1 Å². The third-order valence-corrected chi connectivity index (χ3v) is 2.69. The normalized spacial score (nSPS) is 17.9. The second-order valence-electron chi connectivity index (χ2n) is 2.34. The van der Waals surface area contributed by atoms with E-state index in [1.165, 1.54) is 5.75 Å². The van der Waals surface area contributed by atoms with Crippen LogP contribution in [0.15, 0.2) is 0 Å². The third-order valence-electron chi connectivity index (χ3n) is 1.43. The Morgan fingerprint density at radius 2 is 2.40 bits per heavy atom. The molecule has 0 amide bonds. The van der Waals surface area contributed by atoms with Gasteiger partial charge in [-0.3, -0.25) is 0 Å². The van der Waals surface area contributed by atoms with Crippen molar-refractivity contribution >= 4 is 11.8 Å². The van der Waals surface area contributed by atoms with Gasteiger partial charge in [0.2, 0.25) is 0 Å². The topological polar surface area (TPSA) is 9.23 Å². The predicted molar refractivity (Wildman–Crippen MR) is 45.1 cm³/mol. The van der Waals surface area contributed by atoms with Crippen LogP contribution >= 0.6 is 11.8 Å². The van der Waals surface area contributed by atoms with Gasteiger partial charge in [0, 0.05) is 6.42 Å². The molecule has 0 aromatic heterocycles. The Labute approximate surface area is 66.5 Å². The molecule has 1 heterocycles. The maximum Gasteiger partial charge on any atom is 0.0607 e. The van der Waals surface area contributed by atoms with E-state index in [0.717, 1.165) is 31.3 Å².